The second kappa shape index (κ2) is 4.75. The molecule has 1 nitrogen and oxygen atoms in total. The highest BCUT2D eigenvalue weighted by Crippen LogP contribution is 2.15. The minimum Gasteiger partial charge on any atom is -0.314 e. The van der Waals surface area contributed by atoms with Crippen LogP contribution in [0.2, 0.25) is 0 Å². The standard InChI is InChI=1S/C13H18FN/c1-10-5-6-11(9-13(10)14)8-12-4-2-3-7-15-12/h5-6,9,12,15H,2-4,7-8H2,1H3/t12-/m0/s1. The normalized spacial score (nSPS) is 21.6. The molecule has 0 aromatic heterocycles. The van der Waals surface area contributed by atoms with Gasteiger partial charge in [-0.05, 0) is 49.9 Å². The zero-order valence-electron chi connectivity index (χ0n) is 9.22. The molecule has 1 saturated heterocycles. The van der Waals surface area contributed by atoms with Crippen LogP contribution < -0.4 is 5.32 Å². The molecule has 1 fully saturated rings. The Morgan fingerprint density at radius 1 is 1.40 bits per heavy atom. The summed E-state index contributed by atoms with van der Waals surface area (Å²) in [5.41, 5.74) is 1.84. The molecule has 0 unspecified atom stereocenters. The van der Waals surface area contributed by atoms with Crippen LogP contribution in [0, 0.1) is 12.7 Å². The Hall–Kier alpha value is -0.890. The maximum atomic E-state index is 13.3. The van der Waals surface area contributed by atoms with Gasteiger partial charge in [-0.2, -0.15) is 0 Å². The predicted molar refractivity (Wildman–Crippen MR) is 60.5 cm³/mol. The van der Waals surface area contributed by atoms with Crippen molar-refractivity contribution in [1.29, 1.82) is 0 Å². The topological polar surface area (TPSA) is 12.0 Å². The maximum Gasteiger partial charge on any atom is 0.126 e. The van der Waals surface area contributed by atoms with E-state index in [1.54, 1.807) is 13.0 Å². The molecule has 1 heterocycles. The molecule has 15 heavy (non-hydrogen) atoms. The third kappa shape index (κ3) is 2.78. The molecule has 82 valence electrons. The summed E-state index contributed by atoms with van der Waals surface area (Å²) in [6.07, 6.45) is 4.75. The maximum absolute atomic E-state index is 13.3. The van der Waals surface area contributed by atoms with Crippen molar-refractivity contribution in [3.05, 3.63) is 35.1 Å². The third-order valence-electron chi connectivity index (χ3n) is 3.13. The fourth-order valence-corrected chi connectivity index (χ4v) is 2.15. The van der Waals surface area contributed by atoms with Gasteiger partial charge in [0.1, 0.15) is 5.82 Å². The van der Waals surface area contributed by atoms with E-state index < -0.39 is 0 Å². The van der Waals surface area contributed by atoms with Gasteiger partial charge in [0.15, 0.2) is 0 Å². The molecule has 2 rings (SSSR count). The summed E-state index contributed by atoms with van der Waals surface area (Å²) in [4.78, 5) is 0. The Morgan fingerprint density at radius 2 is 2.27 bits per heavy atom. The largest absolute Gasteiger partial charge is 0.314 e. The summed E-state index contributed by atoms with van der Waals surface area (Å²) < 4.78 is 13.3. The van der Waals surface area contributed by atoms with Gasteiger partial charge in [0.2, 0.25) is 0 Å². The van der Waals surface area contributed by atoms with E-state index in [1.807, 2.05) is 12.1 Å². The third-order valence-corrected chi connectivity index (χ3v) is 3.13. The number of benzene rings is 1. The van der Waals surface area contributed by atoms with Crippen LogP contribution in [0.25, 0.3) is 0 Å². The first kappa shape index (κ1) is 10.6. The van der Waals surface area contributed by atoms with Crippen LogP contribution in [0.4, 0.5) is 4.39 Å². The summed E-state index contributed by atoms with van der Waals surface area (Å²) in [6.45, 7) is 2.91. The number of piperidine rings is 1. The Kier molecular flexibility index (Phi) is 3.37. The number of hydrogen-bond donors (Lipinski definition) is 1. The highest BCUT2D eigenvalue weighted by Gasteiger charge is 2.13. The van der Waals surface area contributed by atoms with Gasteiger partial charge in [-0.25, -0.2) is 4.39 Å². The van der Waals surface area contributed by atoms with Crippen molar-refractivity contribution in [2.45, 2.75) is 38.6 Å². The summed E-state index contributed by atoms with van der Waals surface area (Å²) in [5, 5.41) is 3.48. The van der Waals surface area contributed by atoms with E-state index in [2.05, 4.69) is 5.32 Å². The van der Waals surface area contributed by atoms with Crippen LogP contribution in [0.15, 0.2) is 18.2 Å². The molecule has 1 aliphatic heterocycles. The van der Waals surface area contributed by atoms with E-state index in [0.717, 1.165) is 24.1 Å². The van der Waals surface area contributed by atoms with Crippen LogP contribution in [0.3, 0.4) is 0 Å². The fraction of sp³-hybridized carbons (Fsp3) is 0.538. The van der Waals surface area contributed by atoms with Crippen LogP contribution in [-0.4, -0.2) is 12.6 Å². The van der Waals surface area contributed by atoms with Gasteiger partial charge in [0, 0.05) is 6.04 Å². The predicted octanol–water partition coefficient (Wildman–Crippen LogP) is 2.82. The van der Waals surface area contributed by atoms with Crippen LogP contribution in [0.5, 0.6) is 0 Å². The Bertz CT molecular complexity index is 329. The minimum atomic E-state index is -0.0803. The van der Waals surface area contributed by atoms with E-state index in [0.29, 0.717) is 6.04 Å². The lowest BCUT2D eigenvalue weighted by atomic mass is 9.97. The lowest BCUT2D eigenvalue weighted by Crippen LogP contribution is -2.35. The van der Waals surface area contributed by atoms with E-state index in [-0.39, 0.29) is 5.82 Å². The molecule has 1 atom stereocenters. The molecule has 1 aromatic rings. The summed E-state index contributed by atoms with van der Waals surface area (Å²) in [7, 11) is 0. The molecule has 0 saturated carbocycles. The van der Waals surface area contributed by atoms with Gasteiger partial charge in [0.25, 0.3) is 0 Å². The number of hydrogen-bond acceptors (Lipinski definition) is 1. The summed E-state index contributed by atoms with van der Waals surface area (Å²) in [5.74, 6) is -0.0803. The van der Waals surface area contributed by atoms with Crippen molar-refractivity contribution >= 4 is 0 Å². The molecule has 1 N–H and O–H groups in total. The summed E-state index contributed by atoms with van der Waals surface area (Å²) in [6, 6.07) is 6.12. The molecule has 0 radical (unpaired) electrons. The highest BCUT2D eigenvalue weighted by atomic mass is 19.1. The van der Waals surface area contributed by atoms with E-state index in [1.165, 1.54) is 19.3 Å². The fourth-order valence-electron chi connectivity index (χ4n) is 2.15. The monoisotopic (exact) mass is 207 g/mol. The number of halogens is 1. The van der Waals surface area contributed by atoms with Crippen molar-refractivity contribution in [2.24, 2.45) is 0 Å². The number of rotatable bonds is 2. The van der Waals surface area contributed by atoms with Gasteiger partial charge in [0.05, 0.1) is 0 Å². The van der Waals surface area contributed by atoms with E-state index in [4.69, 9.17) is 0 Å². The highest BCUT2D eigenvalue weighted by molar-refractivity contribution is 5.24. The molecule has 0 amide bonds. The zero-order valence-corrected chi connectivity index (χ0v) is 9.22. The van der Waals surface area contributed by atoms with Gasteiger partial charge < -0.3 is 5.32 Å². The second-order valence-electron chi connectivity index (χ2n) is 4.43. The summed E-state index contributed by atoms with van der Waals surface area (Å²) >= 11 is 0. The van der Waals surface area contributed by atoms with Gasteiger partial charge >= 0.3 is 0 Å². The molecule has 0 aliphatic carbocycles. The first-order valence-corrected chi connectivity index (χ1v) is 5.74. The van der Waals surface area contributed by atoms with Gasteiger partial charge in [-0.1, -0.05) is 18.6 Å². The molecular weight excluding hydrogens is 189 g/mol. The average Bonchev–Trinajstić information content (AvgIpc) is 2.25. The zero-order chi connectivity index (χ0) is 10.7. The first-order chi connectivity index (χ1) is 7.25. The number of nitrogens with one attached hydrogen (secondary N) is 1. The van der Waals surface area contributed by atoms with Crippen molar-refractivity contribution in [2.75, 3.05) is 6.54 Å². The van der Waals surface area contributed by atoms with Crippen LogP contribution >= 0.6 is 0 Å². The number of aryl methyl sites for hydroxylation is 1. The second-order valence-corrected chi connectivity index (χ2v) is 4.43. The quantitative estimate of drug-likeness (QED) is 0.786. The van der Waals surface area contributed by atoms with Crippen LogP contribution in [0.1, 0.15) is 30.4 Å². The Labute approximate surface area is 90.7 Å². The van der Waals surface area contributed by atoms with E-state index >= 15 is 0 Å². The Balaban J connectivity index is 2.00. The van der Waals surface area contributed by atoms with Crippen molar-refractivity contribution < 1.29 is 4.39 Å². The van der Waals surface area contributed by atoms with Crippen molar-refractivity contribution in [3.63, 3.8) is 0 Å². The van der Waals surface area contributed by atoms with E-state index in [9.17, 15) is 4.39 Å². The van der Waals surface area contributed by atoms with Gasteiger partial charge in [-0.3, -0.25) is 0 Å². The van der Waals surface area contributed by atoms with Gasteiger partial charge in [-0.15, -0.1) is 0 Å². The van der Waals surface area contributed by atoms with Crippen molar-refractivity contribution in [1.82, 2.24) is 5.32 Å². The lowest BCUT2D eigenvalue weighted by Gasteiger charge is -2.23. The minimum absolute atomic E-state index is 0.0803. The SMILES string of the molecule is Cc1ccc(C[C@@H]2CCCCN2)cc1F. The molecule has 1 aliphatic rings. The average molecular weight is 207 g/mol. The van der Waals surface area contributed by atoms with Crippen molar-refractivity contribution in [3.8, 4) is 0 Å². The lowest BCUT2D eigenvalue weighted by molar-refractivity contribution is 0.399. The molecular formula is C13H18FN. The van der Waals surface area contributed by atoms with Crippen LogP contribution in [-0.2, 0) is 6.42 Å². The molecule has 0 spiro atoms. The molecule has 1 aromatic carbocycles. The molecule has 0 bridgehead atoms. The Morgan fingerprint density at radius 3 is 2.93 bits per heavy atom. The smallest absolute Gasteiger partial charge is 0.126 e. The molecule has 2 heteroatoms. The first-order valence-electron chi connectivity index (χ1n) is 5.74.